The van der Waals surface area contributed by atoms with E-state index in [-0.39, 0.29) is 0 Å². The molecule has 1 heteroatoms. The Balaban J connectivity index is 1.94. The van der Waals surface area contributed by atoms with E-state index in [0.717, 1.165) is 23.6 Å². The fourth-order valence-corrected chi connectivity index (χ4v) is 3.00. The molecule has 74 valence electrons. The minimum Gasteiger partial charge on any atom is -0.126 e. The molecule has 0 heterocycles. The maximum Gasteiger partial charge on any atom is 0.0274 e. The van der Waals surface area contributed by atoms with Gasteiger partial charge in [-0.15, -0.1) is 11.6 Å². The van der Waals surface area contributed by atoms with Gasteiger partial charge in [-0.3, -0.25) is 0 Å². The molecule has 0 aromatic carbocycles. The predicted octanol–water partition coefficient (Wildman–Crippen LogP) is 3.85. The lowest BCUT2D eigenvalue weighted by Gasteiger charge is -2.28. The van der Waals surface area contributed by atoms with Gasteiger partial charge in [0.1, 0.15) is 0 Å². The van der Waals surface area contributed by atoms with E-state index in [9.17, 15) is 0 Å². The molecule has 0 nitrogen and oxygen atoms in total. The van der Waals surface area contributed by atoms with E-state index < -0.39 is 0 Å². The standard InChI is InChI=1S/C12H19Cl/c1-12(2,8-13)7-11-6-9-3-4-10(11)5-9/h3-4,9-11H,5-8H2,1-2H3. The van der Waals surface area contributed by atoms with Gasteiger partial charge in [-0.2, -0.15) is 0 Å². The summed E-state index contributed by atoms with van der Waals surface area (Å²) in [4.78, 5) is 0. The zero-order chi connectivity index (χ0) is 9.47. The Morgan fingerprint density at radius 3 is 2.54 bits per heavy atom. The molecule has 0 saturated heterocycles. The molecular weight excluding hydrogens is 180 g/mol. The molecule has 2 rings (SSSR count). The zero-order valence-electron chi connectivity index (χ0n) is 8.59. The van der Waals surface area contributed by atoms with Crippen LogP contribution in [0.4, 0.5) is 0 Å². The van der Waals surface area contributed by atoms with Gasteiger partial charge in [0.25, 0.3) is 0 Å². The Morgan fingerprint density at radius 1 is 1.31 bits per heavy atom. The highest BCUT2D eigenvalue weighted by Gasteiger charge is 2.37. The summed E-state index contributed by atoms with van der Waals surface area (Å²) >= 11 is 5.96. The summed E-state index contributed by atoms with van der Waals surface area (Å²) in [5, 5.41) is 0. The summed E-state index contributed by atoms with van der Waals surface area (Å²) in [5.41, 5.74) is 0.338. The van der Waals surface area contributed by atoms with Gasteiger partial charge in [-0.1, -0.05) is 26.0 Å². The van der Waals surface area contributed by atoms with Crippen LogP contribution < -0.4 is 0 Å². The van der Waals surface area contributed by atoms with Crippen molar-refractivity contribution in [3.05, 3.63) is 12.2 Å². The topological polar surface area (TPSA) is 0 Å². The van der Waals surface area contributed by atoms with Gasteiger partial charge in [-0.05, 0) is 42.4 Å². The van der Waals surface area contributed by atoms with E-state index in [0.29, 0.717) is 5.41 Å². The molecule has 1 fully saturated rings. The van der Waals surface area contributed by atoms with Gasteiger partial charge < -0.3 is 0 Å². The number of allylic oxidation sites excluding steroid dienone is 2. The van der Waals surface area contributed by atoms with Gasteiger partial charge in [-0.25, -0.2) is 0 Å². The van der Waals surface area contributed by atoms with Crippen LogP contribution in [0.3, 0.4) is 0 Å². The van der Waals surface area contributed by atoms with Crippen molar-refractivity contribution in [3.63, 3.8) is 0 Å². The molecule has 2 aliphatic carbocycles. The molecule has 0 aliphatic heterocycles. The van der Waals surface area contributed by atoms with Crippen LogP contribution in [0.25, 0.3) is 0 Å². The molecule has 0 amide bonds. The molecule has 0 spiro atoms. The van der Waals surface area contributed by atoms with Crippen LogP contribution in [0.5, 0.6) is 0 Å². The third kappa shape index (κ3) is 1.93. The van der Waals surface area contributed by atoms with Crippen molar-refractivity contribution in [2.24, 2.45) is 23.2 Å². The fraction of sp³-hybridized carbons (Fsp3) is 0.833. The van der Waals surface area contributed by atoms with E-state index >= 15 is 0 Å². The Kier molecular flexibility index (Phi) is 2.44. The summed E-state index contributed by atoms with van der Waals surface area (Å²) in [5.74, 6) is 3.50. The molecule has 0 aromatic rings. The highest BCUT2D eigenvalue weighted by atomic mass is 35.5. The molecule has 0 radical (unpaired) electrons. The normalized spacial score (nSPS) is 37.3. The largest absolute Gasteiger partial charge is 0.126 e. The number of hydrogen-bond acceptors (Lipinski definition) is 0. The molecule has 2 aliphatic rings. The Hall–Kier alpha value is 0.0300. The molecule has 0 aromatic heterocycles. The SMILES string of the molecule is CC(C)(CCl)CC1CC2C=CC1C2. The quantitative estimate of drug-likeness (QED) is 0.477. The molecule has 13 heavy (non-hydrogen) atoms. The Labute approximate surface area is 86.4 Å². The Morgan fingerprint density at radius 2 is 2.08 bits per heavy atom. The number of alkyl halides is 1. The third-order valence-corrected chi connectivity index (χ3v) is 4.32. The van der Waals surface area contributed by atoms with Crippen molar-refractivity contribution in [3.8, 4) is 0 Å². The lowest BCUT2D eigenvalue weighted by Crippen LogP contribution is -2.21. The van der Waals surface area contributed by atoms with Gasteiger partial charge in [0, 0.05) is 5.88 Å². The number of hydrogen-bond donors (Lipinski definition) is 0. The summed E-state index contributed by atoms with van der Waals surface area (Å²) in [6.45, 7) is 4.57. The summed E-state index contributed by atoms with van der Waals surface area (Å²) < 4.78 is 0. The molecule has 0 N–H and O–H groups in total. The van der Waals surface area contributed by atoms with Crippen molar-refractivity contribution in [1.29, 1.82) is 0 Å². The first-order valence-corrected chi connectivity index (χ1v) is 5.88. The summed E-state index contributed by atoms with van der Waals surface area (Å²) in [6.07, 6.45) is 8.99. The van der Waals surface area contributed by atoms with E-state index in [2.05, 4.69) is 26.0 Å². The van der Waals surface area contributed by atoms with Crippen molar-refractivity contribution >= 4 is 11.6 Å². The van der Waals surface area contributed by atoms with Gasteiger partial charge >= 0.3 is 0 Å². The fourth-order valence-electron chi connectivity index (χ4n) is 2.89. The van der Waals surface area contributed by atoms with Crippen molar-refractivity contribution in [1.82, 2.24) is 0 Å². The molecule has 2 bridgehead atoms. The molecular formula is C12H19Cl. The number of halogens is 1. The Bertz CT molecular complexity index is 217. The van der Waals surface area contributed by atoms with Gasteiger partial charge in [0.15, 0.2) is 0 Å². The molecule has 3 atom stereocenters. The van der Waals surface area contributed by atoms with Crippen LogP contribution in [0.15, 0.2) is 12.2 Å². The monoisotopic (exact) mass is 198 g/mol. The predicted molar refractivity (Wildman–Crippen MR) is 58.0 cm³/mol. The van der Waals surface area contributed by atoms with Gasteiger partial charge in [0.05, 0.1) is 0 Å². The van der Waals surface area contributed by atoms with E-state index in [4.69, 9.17) is 11.6 Å². The average Bonchev–Trinajstić information content (AvgIpc) is 2.64. The minimum atomic E-state index is 0.338. The number of fused-ring (bicyclic) bond motifs is 2. The smallest absolute Gasteiger partial charge is 0.0274 e. The highest BCUT2D eigenvalue weighted by Crippen LogP contribution is 2.47. The van der Waals surface area contributed by atoms with E-state index in [1.165, 1.54) is 19.3 Å². The highest BCUT2D eigenvalue weighted by molar-refractivity contribution is 6.18. The molecule has 1 saturated carbocycles. The van der Waals surface area contributed by atoms with Crippen molar-refractivity contribution in [2.75, 3.05) is 5.88 Å². The summed E-state index contributed by atoms with van der Waals surface area (Å²) in [6, 6.07) is 0. The van der Waals surface area contributed by atoms with Crippen molar-refractivity contribution in [2.45, 2.75) is 33.1 Å². The van der Waals surface area contributed by atoms with Crippen LogP contribution in [0, 0.1) is 23.2 Å². The first-order valence-electron chi connectivity index (χ1n) is 5.35. The molecule has 3 unspecified atom stereocenters. The first kappa shape index (κ1) is 9.58. The van der Waals surface area contributed by atoms with Crippen LogP contribution in [0.2, 0.25) is 0 Å². The average molecular weight is 199 g/mol. The second-order valence-electron chi connectivity index (χ2n) is 5.54. The maximum absolute atomic E-state index is 5.96. The van der Waals surface area contributed by atoms with Crippen LogP contribution in [-0.4, -0.2) is 5.88 Å². The zero-order valence-corrected chi connectivity index (χ0v) is 9.35. The lowest BCUT2D eigenvalue weighted by atomic mass is 9.79. The van der Waals surface area contributed by atoms with Crippen LogP contribution in [-0.2, 0) is 0 Å². The van der Waals surface area contributed by atoms with E-state index in [1.807, 2.05) is 0 Å². The minimum absolute atomic E-state index is 0.338. The summed E-state index contributed by atoms with van der Waals surface area (Å²) in [7, 11) is 0. The van der Waals surface area contributed by atoms with E-state index in [1.54, 1.807) is 0 Å². The second kappa shape index (κ2) is 3.31. The maximum atomic E-state index is 5.96. The van der Waals surface area contributed by atoms with Crippen LogP contribution >= 0.6 is 11.6 Å². The van der Waals surface area contributed by atoms with Gasteiger partial charge in [0.2, 0.25) is 0 Å². The van der Waals surface area contributed by atoms with Crippen LogP contribution in [0.1, 0.15) is 33.1 Å². The third-order valence-electron chi connectivity index (χ3n) is 3.59. The first-order chi connectivity index (χ1) is 6.11. The lowest BCUT2D eigenvalue weighted by molar-refractivity contribution is 0.270. The van der Waals surface area contributed by atoms with Crippen molar-refractivity contribution < 1.29 is 0 Å². The number of rotatable bonds is 3. The second-order valence-corrected chi connectivity index (χ2v) is 5.81.